The largest absolute Gasteiger partial charge is 0.493 e. The van der Waals surface area contributed by atoms with Crippen LogP contribution in [0.2, 0.25) is 0 Å². The van der Waals surface area contributed by atoms with Gasteiger partial charge in [0.1, 0.15) is 12.4 Å². The van der Waals surface area contributed by atoms with Crippen molar-refractivity contribution < 1.29 is 28.5 Å². The minimum atomic E-state index is -0.309. The number of hydrogen-bond donors (Lipinski definition) is 0. The minimum absolute atomic E-state index is 0.0857. The number of benzene rings is 3. The van der Waals surface area contributed by atoms with Crippen LogP contribution in [0.5, 0.6) is 28.7 Å². The maximum Gasteiger partial charge on any atom is 0.254 e. The van der Waals surface area contributed by atoms with Crippen molar-refractivity contribution in [2.24, 2.45) is 0 Å². The molecule has 188 valence electrons. The molecule has 0 aliphatic carbocycles. The first-order chi connectivity index (χ1) is 17.5. The van der Waals surface area contributed by atoms with E-state index in [4.69, 9.17) is 23.7 Å². The summed E-state index contributed by atoms with van der Waals surface area (Å²) in [6, 6.07) is 17.1. The zero-order valence-corrected chi connectivity index (χ0v) is 21.1. The van der Waals surface area contributed by atoms with Crippen molar-refractivity contribution in [3.05, 3.63) is 76.9 Å². The van der Waals surface area contributed by atoms with Crippen molar-refractivity contribution in [1.82, 2.24) is 4.90 Å². The van der Waals surface area contributed by atoms with E-state index in [1.807, 2.05) is 29.2 Å². The monoisotopic (exact) mass is 489 g/mol. The second-order valence-electron chi connectivity index (χ2n) is 9.27. The Morgan fingerprint density at radius 1 is 0.972 bits per heavy atom. The summed E-state index contributed by atoms with van der Waals surface area (Å²) in [6.07, 6.45) is 0.700. The lowest BCUT2D eigenvalue weighted by molar-refractivity contribution is 0.0589. The first-order valence-electron chi connectivity index (χ1n) is 12.2. The van der Waals surface area contributed by atoms with Crippen molar-refractivity contribution in [3.8, 4) is 28.7 Å². The van der Waals surface area contributed by atoms with Crippen LogP contribution in [0.15, 0.2) is 54.6 Å². The van der Waals surface area contributed by atoms with Crippen LogP contribution in [0, 0.1) is 0 Å². The van der Waals surface area contributed by atoms with Gasteiger partial charge in [0.2, 0.25) is 6.79 Å². The van der Waals surface area contributed by atoms with Gasteiger partial charge in [-0.25, -0.2) is 0 Å². The van der Waals surface area contributed by atoms with E-state index in [1.54, 1.807) is 32.4 Å². The molecule has 0 radical (unpaired) electrons. The molecule has 3 aromatic rings. The van der Waals surface area contributed by atoms with Crippen LogP contribution in [0.4, 0.5) is 0 Å². The number of carbonyl (C=O) groups excluding carboxylic acids is 1. The third-order valence-electron chi connectivity index (χ3n) is 6.84. The molecule has 1 atom stereocenters. The summed E-state index contributed by atoms with van der Waals surface area (Å²) in [4.78, 5) is 15.6. The maximum atomic E-state index is 13.7. The number of amides is 1. The van der Waals surface area contributed by atoms with Gasteiger partial charge < -0.3 is 28.6 Å². The summed E-state index contributed by atoms with van der Waals surface area (Å²) in [5, 5.41) is 0. The van der Waals surface area contributed by atoms with E-state index in [0.717, 1.165) is 16.9 Å². The minimum Gasteiger partial charge on any atom is -0.493 e. The SMILES string of the molecule is COc1cc2c(cc1OC)C(COc1ccc(C(C)C)cc1)N(C(=O)c1ccc3c(c1)OCO3)CC2. The molecule has 2 heterocycles. The van der Waals surface area contributed by atoms with Crippen molar-refractivity contribution in [3.63, 3.8) is 0 Å². The lowest BCUT2D eigenvalue weighted by Gasteiger charge is -2.37. The first kappa shape index (κ1) is 23.9. The van der Waals surface area contributed by atoms with Gasteiger partial charge in [-0.1, -0.05) is 26.0 Å². The van der Waals surface area contributed by atoms with Gasteiger partial charge in [0.15, 0.2) is 23.0 Å². The van der Waals surface area contributed by atoms with Crippen molar-refractivity contribution >= 4 is 5.91 Å². The molecule has 1 unspecified atom stereocenters. The van der Waals surface area contributed by atoms with Crippen LogP contribution < -0.4 is 23.7 Å². The third-order valence-corrected chi connectivity index (χ3v) is 6.84. The molecule has 0 aromatic heterocycles. The highest BCUT2D eigenvalue weighted by atomic mass is 16.7. The molecule has 1 amide bonds. The maximum absolute atomic E-state index is 13.7. The summed E-state index contributed by atoms with van der Waals surface area (Å²) < 4.78 is 28.3. The highest BCUT2D eigenvalue weighted by Gasteiger charge is 2.34. The molecule has 0 spiro atoms. The molecule has 0 bridgehead atoms. The van der Waals surface area contributed by atoms with Gasteiger partial charge in [-0.3, -0.25) is 4.79 Å². The van der Waals surface area contributed by atoms with Gasteiger partial charge in [0.25, 0.3) is 5.91 Å². The summed E-state index contributed by atoms with van der Waals surface area (Å²) in [7, 11) is 3.24. The standard InChI is InChI=1S/C29H31NO6/c1-18(2)19-5-8-22(9-6-19)34-16-24-23-15-27(33-4)26(32-3)13-20(23)11-12-30(24)29(31)21-7-10-25-28(14-21)36-17-35-25/h5-10,13-15,18,24H,11-12,16-17H2,1-4H3. The summed E-state index contributed by atoms with van der Waals surface area (Å²) in [6.45, 7) is 5.35. The second-order valence-corrected chi connectivity index (χ2v) is 9.27. The van der Waals surface area contributed by atoms with Gasteiger partial charge in [-0.15, -0.1) is 0 Å². The van der Waals surface area contributed by atoms with Crippen LogP contribution in [-0.4, -0.2) is 45.0 Å². The van der Waals surface area contributed by atoms with E-state index in [-0.39, 0.29) is 18.7 Å². The molecule has 2 aliphatic heterocycles. The molecule has 0 fully saturated rings. The number of hydrogen-bond acceptors (Lipinski definition) is 6. The number of fused-ring (bicyclic) bond motifs is 2. The molecule has 2 aliphatic rings. The van der Waals surface area contributed by atoms with Gasteiger partial charge in [0, 0.05) is 12.1 Å². The van der Waals surface area contributed by atoms with E-state index >= 15 is 0 Å². The average Bonchev–Trinajstić information content (AvgIpc) is 3.38. The molecule has 7 heteroatoms. The normalized spacial score (nSPS) is 16.0. The van der Waals surface area contributed by atoms with Crippen molar-refractivity contribution in [2.45, 2.75) is 32.2 Å². The van der Waals surface area contributed by atoms with Gasteiger partial charge >= 0.3 is 0 Å². The quantitative estimate of drug-likeness (QED) is 0.444. The number of rotatable bonds is 7. The lowest BCUT2D eigenvalue weighted by atomic mass is 9.91. The van der Waals surface area contributed by atoms with Crippen LogP contribution >= 0.6 is 0 Å². The van der Waals surface area contributed by atoms with Crippen LogP contribution in [-0.2, 0) is 6.42 Å². The molecular formula is C29H31NO6. The van der Waals surface area contributed by atoms with Crippen LogP contribution in [0.25, 0.3) is 0 Å². The third kappa shape index (κ3) is 4.53. The van der Waals surface area contributed by atoms with E-state index in [9.17, 15) is 4.79 Å². The fourth-order valence-electron chi connectivity index (χ4n) is 4.77. The second kappa shape index (κ2) is 10.0. The Bertz CT molecular complexity index is 1250. The Balaban J connectivity index is 1.47. The Morgan fingerprint density at radius 2 is 1.69 bits per heavy atom. The average molecular weight is 490 g/mol. The molecule has 0 saturated heterocycles. The topological polar surface area (TPSA) is 66.5 Å². The number of ether oxygens (including phenoxy) is 5. The Labute approximate surface area is 211 Å². The zero-order chi connectivity index (χ0) is 25.2. The van der Waals surface area contributed by atoms with Gasteiger partial charge in [-0.2, -0.15) is 0 Å². The number of nitrogens with zero attached hydrogens (tertiary/aromatic N) is 1. The molecule has 7 nitrogen and oxygen atoms in total. The van der Waals surface area contributed by atoms with Gasteiger partial charge in [0.05, 0.1) is 20.3 Å². The van der Waals surface area contributed by atoms with E-state index in [2.05, 4.69) is 26.0 Å². The predicted octanol–water partition coefficient (Wildman–Crippen LogP) is 5.37. The Hall–Kier alpha value is -3.87. The summed E-state index contributed by atoms with van der Waals surface area (Å²) in [5.41, 5.74) is 3.91. The fourth-order valence-corrected chi connectivity index (χ4v) is 4.77. The first-order valence-corrected chi connectivity index (χ1v) is 12.2. The highest BCUT2D eigenvalue weighted by molar-refractivity contribution is 5.95. The summed E-state index contributed by atoms with van der Waals surface area (Å²) >= 11 is 0. The van der Waals surface area contributed by atoms with E-state index in [0.29, 0.717) is 54.1 Å². The van der Waals surface area contributed by atoms with E-state index < -0.39 is 0 Å². The zero-order valence-electron chi connectivity index (χ0n) is 21.1. The van der Waals surface area contributed by atoms with Crippen molar-refractivity contribution in [2.75, 3.05) is 34.2 Å². The highest BCUT2D eigenvalue weighted by Crippen LogP contribution is 2.40. The molecule has 5 rings (SSSR count). The van der Waals surface area contributed by atoms with Gasteiger partial charge in [-0.05, 0) is 71.5 Å². The number of methoxy groups -OCH3 is 2. The molecule has 0 saturated carbocycles. The van der Waals surface area contributed by atoms with Crippen LogP contribution in [0.1, 0.15) is 52.9 Å². The number of carbonyl (C=O) groups is 1. The van der Waals surface area contributed by atoms with E-state index in [1.165, 1.54) is 5.56 Å². The molecule has 3 aromatic carbocycles. The Kier molecular flexibility index (Phi) is 6.63. The molecule has 0 N–H and O–H groups in total. The smallest absolute Gasteiger partial charge is 0.254 e. The Morgan fingerprint density at radius 3 is 2.42 bits per heavy atom. The molecule has 36 heavy (non-hydrogen) atoms. The fraction of sp³-hybridized carbons (Fsp3) is 0.345. The van der Waals surface area contributed by atoms with Crippen LogP contribution in [0.3, 0.4) is 0 Å². The molecular weight excluding hydrogens is 458 g/mol. The van der Waals surface area contributed by atoms with Crippen molar-refractivity contribution in [1.29, 1.82) is 0 Å². The lowest BCUT2D eigenvalue weighted by Crippen LogP contribution is -2.42. The summed E-state index contributed by atoms with van der Waals surface area (Å²) in [5.74, 6) is 3.66. The predicted molar refractivity (Wildman–Crippen MR) is 136 cm³/mol.